The lowest BCUT2D eigenvalue weighted by atomic mass is 10.1. The van der Waals surface area contributed by atoms with Crippen LogP contribution >= 0.6 is 0 Å². The third-order valence-corrected chi connectivity index (χ3v) is 4.49. The van der Waals surface area contributed by atoms with E-state index in [-0.39, 0.29) is 17.9 Å². The lowest BCUT2D eigenvalue weighted by Gasteiger charge is -2.24. The maximum atomic E-state index is 12.8. The van der Waals surface area contributed by atoms with Crippen molar-refractivity contribution in [3.63, 3.8) is 0 Å². The molecule has 4 rings (SSSR count). The SMILES string of the molecule is O=C1C[C@@H](C(=O)Nc2cccc(C(=O)O)c2)n2ncc(-c3ccccc3)c2N1. The van der Waals surface area contributed by atoms with E-state index < -0.39 is 17.9 Å². The van der Waals surface area contributed by atoms with Crippen LogP contribution in [0.25, 0.3) is 11.1 Å². The summed E-state index contributed by atoms with van der Waals surface area (Å²) in [4.78, 5) is 36.1. The van der Waals surface area contributed by atoms with Gasteiger partial charge in [0.1, 0.15) is 11.9 Å². The van der Waals surface area contributed by atoms with Crippen LogP contribution in [0.5, 0.6) is 0 Å². The number of amides is 2. The minimum atomic E-state index is -1.09. The number of rotatable bonds is 4. The van der Waals surface area contributed by atoms with Crippen molar-refractivity contribution in [3.05, 3.63) is 66.4 Å². The summed E-state index contributed by atoms with van der Waals surface area (Å²) in [6, 6.07) is 14.5. The van der Waals surface area contributed by atoms with Gasteiger partial charge in [0.15, 0.2) is 0 Å². The van der Waals surface area contributed by atoms with Gasteiger partial charge in [-0.25, -0.2) is 9.48 Å². The monoisotopic (exact) mass is 376 g/mol. The van der Waals surface area contributed by atoms with Crippen LogP contribution < -0.4 is 10.6 Å². The Balaban J connectivity index is 1.64. The second-order valence-corrected chi connectivity index (χ2v) is 6.36. The fraction of sp³-hybridized carbons (Fsp3) is 0.100. The van der Waals surface area contributed by atoms with Crippen molar-refractivity contribution in [2.75, 3.05) is 10.6 Å². The standard InChI is InChI=1S/C20H16N4O4/c25-17-10-16(19(26)22-14-8-4-7-13(9-14)20(27)28)24-18(23-17)15(11-21-24)12-5-2-1-3-6-12/h1-9,11,16H,10H2,(H,22,26)(H,23,25)(H,27,28)/t16-/m0/s1. The lowest BCUT2D eigenvalue weighted by Crippen LogP contribution is -2.35. The highest BCUT2D eigenvalue weighted by Crippen LogP contribution is 2.34. The second kappa shape index (κ2) is 6.99. The largest absolute Gasteiger partial charge is 0.478 e. The van der Waals surface area contributed by atoms with Crippen LogP contribution in [0.15, 0.2) is 60.8 Å². The van der Waals surface area contributed by atoms with Gasteiger partial charge < -0.3 is 15.7 Å². The van der Waals surface area contributed by atoms with E-state index in [0.717, 1.165) is 11.1 Å². The molecule has 0 spiro atoms. The Kier molecular flexibility index (Phi) is 4.36. The van der Waals surface area contributed by atoms with E-state index in [0.29, 0.717) is 11.5 Å². The van der Waals surface area contributed by atoms with Crippen LogP contribution in [0.2, 0.25) is 0 Å². The second-order valence-electron chi connectivity index (χ2n) is 6.36. The summed E-state index contributed by atoms with van der Waals surface area (Å²) in [5, 5.41) is 18.9. The molecule has 2 heterocycles. The highest BCUT2D eigenvalue weighted by molar-refractivity contribution is 6.03. The summed E-state index contributed by atoms with van der Waals surface area (Å²) in [6.07, 6.45) is 1.55. The summed E-state index contributed by atoms with van der Waals surface area (Å²) in [6.45, 7) is 0. The van der Waals surface area contributed by atoms with Crippen molar-refractivity contribution in [1.29, 1.82) is 0 Å². The summed E-state index contributed by atoms with van der Waals surface area (Å²) in [7, 11) is 0. The number of aromatic nitrogens is 2. The number of carbonyl (C=O) groups excluding carboxylic acids is 2. The molecule has 28 heavy (non-hydrogen) atoms. The van der Waals surface area contributed by atoms with Crippen LogP contribution in [0.1, 0.15) is 22.8 Å². The number of anilines is 2. The highest BCUT2D eigenvalue weighted by Gasteiger charge is 2.33. The maximum Gasteiger partial charge on any atom is 0.335 e. The molecule has 8 heteroatoms. The Morgan fingerprint density at radius 3 is 2.68 bits per heavy atom. The summed E-state index contributed by atoms with van der Waals surface area (Å²) in [5.41, 5.74) is 2.00. The molecule has 0 saturated heterocycles. The Hall–Kier alpha value is -3.94. The summed E-state index contributed by atoms with van der Waals surface area (Å²) >= 11 is 0. The van der Waals surface area contributed by atoms with Gasteiger partial charge in [-0.1, -0.05) is 36.4 Å². The molecule has 0 aliphatic carbocycles. The normalized spacial score (nSPS) is 15.4. The quantitative estimate of drug-likeness (QED) is 0.648. The van der Waals surface area contributed by atoms with Gasteiger partial charge in [-0.15, -0.1) is 0 Å². The van der Waals surface area contributed by atoms with Crippen molar-refractivity contribution in [1.82, 2.24) is 9.78 Å². The molecule has 2 amide bonds. The van der Waals surface area contributed by atoms with E-state index in [9.17, 15) is 14.4 Å². The molecule has 8 nitrogen and oxygen atoms in total. The molecule has 3 N–H and O–H groups in total. The summed E-state index contributed by atoms with van der Waals surface area (Å²) < 4.78 is 1.49. The number of carboxylic acid groups (broad SMARTS) is 1. The number of hydrogen-bond acceptors (Lipinski definition) is 4. The van der Waals surface area contributed by atoms with Crippen LogP contribution in [0, 0.1) is 0 Å². The van der Waals surface area contributed by atoms with Gasteiger partial charge >= 0.3 is 5.97 Å². The lowest BCUT2D eigenvalue weighted by molar-refractivity contribution is -0.125. The van der Waals surface area contributed by atoms with Gasteiger partial charge in [-0.2, -0.15) is 5.10 Å². The molecule has 0 saturated carbocycles. The van der Waals surface area contributed by atoms with E-state index >= 15 is 0 Å². The zero-order valence-corrected chi connectivity index (χ0v) is 14.6. The van der Waals surface area contributed by atoms with E-state index in [4.69, 9.17) is 5.11 Å². The predicted molar refractivity (Wildman–Crippen MR) is 102 cm³/mol. The van der Waals surface area contributed by atoms with Gasteiger partial charge in [0.05, 0.1) is 18.2 Å². The molecule has 1 aromatic heterocycles. The number of carboxylic acids is 1. The zero-order valence-electron chi connectivity index (χ0n) is 14.6. The molecule has 2 aromatic carbocycles. The Morgan fingerprint density at radius 2 is 1.93 bits per heavy atom. The molecule has 140 valence electrons. The number of carbonyl (C=O) groups is 3. The molecule has 3 aromatic rings. The molecular formula is C20H16N4O4. The first-order valence-corrected chi connectivity index (χ1v) is 8.60. The topological polar surface area (TPSA) is 113 Å². The van der Waals surface area contributed by atoms with Gasteiger partial charge in [0.25, 0.3) is 0 Å². The number of benzene rings is 2. The Morgan fingerprint density at radius 1 is 1.14 bits per heavy atom. The summed E-state index contributed by atoms with van der Waals surface area (Å²) in [5.74, 6) is -1.36. The van der Waals surface area contributed by atoms with E-state index in [2.05, 4.69) is 15.7 Å². The molecule has 1 atom stereocenters. The van der Waals surface area contributed by atoms with E-state index in [1.54, 1.807) is 18.3 Å². The smallest absolute Gasteiger partial charge is 0.335 e. The van der Waals surface area contributed by atoms with Crippen molar-refractivity contribution in [3.8, 4) is 11.1 Å². The number of hydrogen-bond donors (Lipinski definition) is 3. The first-order chi connectivity index (χ1) is 13.5. The number of aromatic carboxylic acids is 1. The predicted octanol–water partition coefficient (Wildman–Crippen LogP) is 2.77. The average molecular weight is 376 g/mol. The molecule has 0 unspecified atom stereocenters. The van der Waals surface area contributed by atoms with Crippen molar-refractivity contribution in [2.24, 2.45) is 0 Å². The number of fused-ring (bicyclic) bond motifs is 1. The average Bonchev–Trinajstić information content (AvgIpc) is 3.11. The minimum absolute atomic E-state index is 0.0605. The van der Waals surface area contributed by atoms with Crippen molar-refractivity contribution < 1.29 is 19.5 Å². The third-order valence-electron chi connectivity index (χ3n) is 4.49. The number of nitrogens with zero attached hydrogens (tertiary/aromatic N) is 2. The van der Waals surface area contributed by atoms with E-state index in [1.165, 1.54) is 16.8 Å². The van der Waals surface area contributed by atoms with Gasteiger partial charge in [-0.3, -0.25) is 9.59 Å². The Bertz CT molecular complexity index is 1070. The van der Waals surface area contributed by atoms with Gasteiger partial charge in [-0.05, 0) is 23.8 Å². The van der Waals surface area contributed by atoms with Crippen LogP contribution in [-0.2, 0) is 9.59 Å². The zero-order chi connectivity index (χ0) is 19.7. The van der Waals surface area contributed by atoms with Gasteiger partial charge in [0.2, 0.25) is 11.8 Å². The molecule has 1 aliphatic rings. The molecule has 0 fully saturated rings. The van der Waals surface area contributed by atoms with Crippen LogP contribution in [0.3, 0.4) is 0 Å². The third kappa shape index (κ3) is 3.23. The molecule has 1 aliphatic heterocycles. The van der Waals surface area contributed by atoms with Crippen molar-refractivity contribution >= 4 is 29.3 Å². The minimum Gasteiger partial charge on any atom is -0.478 e. The highest BCUT2D eigenvalue weighted by atomic mass is 16.4. The maximum absolute atomic E-state index is 12.8. The fourth-order valence-electron chi connectivity index (χ4n) is 3.16. The molecule has 0 radical (unpaired) electrons. The fourth-order valence-corrected chi connectivity index (χ4v) is 3.16. The first-order valence-electron chi connectivity index (χ1n) is 8.60. The van der Waals surface area contributed by atoms with E-state index in [1.807, 2.05) is 30.3 Å². The molecular weight excluding hydrogens is 360 g/mol. The van der Waals surface area contributed by atoms with Crippen LogP contribution in [-0.4, -0.2) is 32.7 Å². The van der Waals surface area contributed by atoms with Gasteiger partial charge in [0, 0.05) is 11.3 Å². The van der Waals surface area contributed by atoms with Crippen LogP contribution in [0.4, 0.5) is 11.5 Å². The Labute approximate surface area is 159 Å². The number of nitrogens with one attached hydrogen (secondary N) is 2. The van der Waals surface area contributed by atoms with Crippen molar-refractivity contribution in [2.45, 2.75) is 12.5 Å². The molecule has 0 bridgehead atoms. The first kappa shape index (κ1) is 17.5.